The van der Waals surface area contributed by atoms with Crippen LogP contribution in [0.4, 0.5) is 4.39 Å². The molecule has 7 unspecified atom stereocenters. The highest BCUT2D eigenvalue weighted by Crippen LogP contribution is 2.48. The molecule has 0 aromatic carbocycles. The van der Waals surface area contributed by atoms with E-state index < -0.39 is 148 Å². The summed E-state index contributed by atoms with van der Waals surface area (Å²) >= 11 is 0. The number of nitrogens with two attached hydrogens (primary N) is 3. The van der Waals surface area contributed by atoms with Gasteiger partial charge in [0, 0.05) is 0 Å². The van der Waals surface area contributed by atoms with Crippen molar-refractivity contribution in [2.75, 3.05) is 26.4 Å². The smallest absolute Gasteiger partial charge is 0.263 e. The number of hydrogen-bond donors (Lipinski definition) is 16. The molecule has 4 heterocycles. The van der Waals surface area contributed by atoms with E-state index in [0.717, 1.165) is 0 Å². The van der Waals surface area contributed by atoms with Crippen LogP contribution >= 0.6 is 0 Å². The molecule has 0 bridgehead atoms. The summed E-state index contributed by atoms with van der Waals surface area (Å²) in [4.78, 5) is 0. The van der Waals surface area contributed by atoms with E-state index in [1.54, 1.807) is 0 Å². The fourth-order valence-corrected chi connectivity index (χ4v) is 6.16. The number of ether oxygens (including phenoxy) is 6. The largest absolute Gasteiger partial charge is 0.394 e. The van der Waals surface area contributed by atoms with Gasteiger partial charge in [-0.05, 0) is 0 Å². The van der Waals surface area contributed by atoms with Gasteiger partial charge in [0.05, 0.1) is 37.9 Å². The summed E-state index contributed by atoms with van der Waals surface area (Å²) < 4.78 is 47.8. The summed E-state index contributed by atoms with van der Waals surface area (Å²) in [6.45, 7) is -4.72. The highest BCUT2D eigenvalue weighted by atomic mass is 19.2. The minimum absolute atomic E-state index is 0.785. The van der Waals surface area contributed by atoms with Gasteiger partial charge in [-0.2, -0.15) is 0 Å². The molecular formula is C24H44FN3O19. The Balaban J connectivity index is 1.62. The summed E-state index contributed by atoms with van der Waals surface area (Å²) in [6.07, 6.45) is -28.2. The van der Waals surface area contributed by atoms with Crippen LogP contribution in [0.1, 0.15) is 0 Å². The van der Waals surface area contributed by atoms with Gasteiger partial charge in [0.1, 0.15) is 67.6 Å². The van der Waals surface area contributed by atoms with E-state index in [1.165, 1.54) is 0 Å². The van der Waals surface area contributed by atoms with Crippen molar-refractivity contribution in [1.82, 2.24) is 0 Å². The first-order valence-electron chi connectivity index (χ1n) is 14.5. The van der Waals surface area contributed by atoms with Crippen LogP contribution in [0, 0.1) is 0 Å². The van der Waals surface area contributed by atoms with Crippen molar-refractivity contribution in [3.63, 3.8) is 0 Å². The van der Waals surface area contributed by atoms with E-state index in [2.05, 4.69) is 0 Å². The summed E-state index contributed by atoms with van der Waals surface area (Å²) in [5.41, 5.74) is 14.1. The Bertz CT molecular complexity index is 1060. The molecule has 0 aromatic rings. The van der Waals surface area contributed by atoms with E-state index >= 15 is 4.39 Å². The molecule has 22 nitrogen and oxygen atoms in total. The third-order valence-electron chi connectivity index (χ3n) is 9.10. The first-order chi connectivity index (χ1) is 21.9. The van der Waals surface area contributed by atoms with E-state index in [9.17, 15) is 66.4 Å². The molecule has 4 rings (SSSR count). The molecule has 0 aliphatic carbocycles. The van der Waals surface area contributed by atoms with Crippen molar-refractivity contribution in [2.24, 2.45) is 17.2 Å². The quantitative estimate of drug-likeness (QED) is 0.106. The zero-order chi connectivity index (χ0) is 35.4. The van der Waals surface area contributed by atoms with Gasteiger partial charge in [-0.15, -0.1) is 0 Å². The van der Waals surface area contributed by atoms with Gasteiger partial charge in [-0.3, -0.25) is 0 Å². The molecule has 0 spiro atoms. The van der Waals surface area contributed by atoms with Crippen LogP contribution in [0.2, 0.25) is 0 Å². The van der Waals surface area contributed by atoms with Gasteiger partial charge in [0.25, 0.3) is 5.85 Å². The Morgan fingerprint density at radius 2 is 1.15 bits per heavy atom. The maximum Gasteiger partial charge on any atom is 0.263 e. The third-order valence-corrected chi connectivity index (χ3v) is 9.10. The fourth-order valence-electron chi connectivity index (χ4n) is 6.16. The predicted molar refractivity (Wildman–Crippen MR) is 141 cm³/mol. The standard InChI is InChI=1S/C24H44FN3O19/c25-22(4-32)21(39)23(40,24(41)17(37)13(36)10(33)5(1-29)46-24)16(28)20(47-22)45-15-7(3-31)43-19(9(27)12(15)35)44-14-6(2-30)42-18(38)8(26)11(14)34/h5-21,29-41H,1-4,26-28H2/t5?,6-,7-,8-,9-,10?,11-,12-,13?,14?,15?,16+,17?,18-,19+,20+,21-,22+,23-,24?/m1/s1. The lowest BCUT2D eigenvalue weighted by atomic mass is 9.70. The first-order valence-corrected chi connectivity index (χ1v) is 14.5. The molecule has 47 heavy (non-hydrogen) atoms. The molecule has 4 aliphatic rings. The second-order valence-electron chi connectivity index (χ2n) is 12.0. The van der Waals surface area contributed by atoms with Crippen LogP contribution in [-0.2, 0) is 28.4 Å². The number of alkyl halides is 1. The second kappa shape index (κ2) is 14.3. The van der Waals surface area contributed by atoms with Gasteiger partial charge in [0.2, 0.25) is 5.79 Å². The molecule has 0 aromatic heterocycles. The normalized spacial score (nSPS) is 56.0. The number of halogens is 1. The molecular weight excluding hydrogens is 653 g/mol. The Labute approximate surface area is 264 Å². The van der Waals surface area contributed by atoms with Crippen molar-refractivity contribution in [1.29, 1.82) is 0 Å². The minimum atomic E-state index is -3.80. The molecule has 4 aliphatic heterocycles. The van der Waals surface area contributed by atoms with Gasteiger partial charge in [-0.25, -0.2) is 4.39 Å². The van der Waals surface area contributed by atoms with Crippen molar-refractivity contribution in [3.8, 4) is 0 Å². The first kappa shape index (κ1) is 38.8. The minimum Gasteiger partial charge on any atom is -0.394 e. The summed E-state index contributed by atoms with van der Waals surface area (Å²) in [5.74, 6) is -7.52. The van der Waals surface area contributed by atoms with Crippen LogP contribution in [0.15, 0.2) is 0 Å². The topological polar surface area (TPSA) is 396 Å². The number of aliphatic hydroxyl groups excluding tert-OH is 11. The van der Waals surface area contributed by atoms with Crippen LogP contribution in [-0.4, -0.2) is 214 Å². The summed E-state index contributed by atoms with van der Waals surface area (Å²) in [6, 6.07) is -5.52. The maximum atomic E-state index is 15.9. The van der Waals surface area contributed by atoms with Crippen LogP contribution in [0.5, 0.6) is 0 Å². The molecule has 276 valence electrons. The van der Waals surface area contributed by atoms with Crippen LogP contribution in [0.25, 0.3) is 0 Å². The van der Waals surface area contributed by atoms with Gasteiger partial charge in [0.15, 0.2) is 30.6 Å². The van der Waals surface area contributed by atoms with Crippen molar-refractivity contribution in [2.45, 2.75) is 121 Å². The molecule has 4 saturated heterocycles. The molecule has 0 radical (unpaired) electrons. The predicted octanol–water partition coefficient (Wildman–Crippen LogP) is -10.8. The van der Waals surface area contributed by atoms with E-state index in [-0.39, 0.29) is 0 Å². The lowest BCUT2D eigenvalue weighted by Crippen LogP contribution is -2.86. The monoisotopic (exact) mass is 697 g/mol. The summed E-state index contributed by atoms with van der Waals surface area (Å²) in [7, 11) is 0. The second-order valence-corrected chi connectivity index (χ2v) is 12.0. The summed E-state index contributed by atoms with van der Waals surface area (Å²) in [5, 5.41) is 135. The van der Waals surface area contributed by atoms with E-state index in [1.807, 2.05) is 0 Å². The highest BCUT2D eigenvalue weighted by Gasteiger charge is 2.75. The van der Waals surface area contributed by atoms with E-state index in [4.69, 9.17) is 45.6 Å². The molecule has 0 amide bonds. The lowest BCUT2D eigenvalue weighted by Gasteiger charge is -2.60. The SMILES string of the molecule is N[C@H]1[C@H](OC2[C@@H](CO)O[C@@H](O)[C@H](N)[C@H]2O)O[C@H](CO)C(O[C@H]2O[C@@](F)(CO)[C@@H](O)[C@@](O)(C3(O)OC(CO)C(O)C(O)C3O)[C@H]2N)[C@@H]1O. The molecule has 0 saturated carbocycles. The average molecular weight is 698 g/mol. The molecule has 23 heteroatoms. The average Bonchev–Trinajstić information content (AvgIpc) is 3.06. The van der Waals surface area contributed by atoms with Gasteiger partial charge in [-0.1, -0.05) is 0 Å². The zero-order valence-electron chi connectivity index (χ0n) is 24.5. The highest BCUT2D eigenvalue weighted by molar-refractivity contribution is 5.18. The van der Waals surface area contributed by atoms with Crippen molar-refractivity contribution < 1.29 is 99.2 Å². The van der Waals surface area contributed by atoms with Crippen LogP contribution < -0.4 is 17.2 Å². The van der Waals surface area contributed by atoms with Crippen LogP contribution in [0.3, 0.4) is 0 Å². The third kappa shape index (κ3) is 6.31. The Morgan fingerprint density at radius 3 is 1.68 bits per heavy atom. The van der Waals surface area contributed by atoms with Gasteiger partial charge < -0.3 is 112 Å². The maximum absolute atomic E-state index is 15.9. The van der Waals surface area contributed by atoms with Gasteiger partial charge >= 0.3 is 0 Å². The Hall–Kier alpha value is -0.950. The molecule has 20 atom stereocenters. The van der Waals surface area contributed by atoms with Crippen molar-refractivity contribution in [3.05, 3.63) is 0 Å². The Kier molecular flexibility index (Phi) is 11.9. The number of hydrogen-bond acceptors (Lipinski definition) is 22. The van der Waals surface area contributed by atoms with Crippen molar-refractivity contribution >= 4 is 0 Å². The fraction of sp³-hybridized carbons (Fsp3) is 1.00. The number of aliphatic hydroxyl groups is 13. The number of rotatable bonds is 9. The van der Waals surface area contributed by atoms with E-state index in [0.29, 0.717) is 0 Å². The lowest BCUT2D eigenvalue weighted by molar-refractivity contribution is -0.465. The Morgan fingerprint density at radius 1 is 0.638 bits per heavy atom. The molecule has 19 N–H and O–H groups in total. The molecule has 4 fully saturated rings. The zero-order valence-corrected chi connectivity index (χ0v) is 24.5.